The first-order chi connectivity index (χ1) is 14.2. The Morgan fingerprint density at radius 3 is 2.45 bits per heavy atom. The second-order valence-electron chi connectivity index (χ2n) is 7.57. The van der Waals surface area contributed by atoms with Gasteiger partial charge in [-0.2, -0.15) is 0 Å². The SMILES string of the molecule is C[C@H]1CCCC[C@H]1NC(=O)CSc1nnc(-c2ccccc2)n1-c1ccccc1. The predicted octanol–water partition coefficient (Wildman–Crippen LogP) is 4.72. The summed E-state index contributed by atoms with van der Waals surface area (Å²) >= 11 is 1.43. The van der Waals surface area contributed by atoms with Gasteiger partial charge in [-0.15, -0.1) is 10.2 Å². The number of thioether (sulfide) groups is 1. The van der Waals surface area contributed by atoms with Crippen molar-refractivity contribution in [3.05, 3.63) is 60.7 Å². The molecule has 150 valence electrons. The van der Waals surface area contributed by atoms with E-state index in [1.54, 1.807) is 0 Å². The van der Waals surface area contributed by atoms with Gasteiger partial charge in [0, 0.05) is 17.3 Å². The summed E-state index contributed by atoms with van der Waals surface area (Å²) in [6.07, 6.45) is 4.74. The molecule has 4 rings (SSSR count). The van der Waals surface area contributed by atoms with Gasteiger partial charge in [0.15, 0.2) is 11.0 Å². The van der Waals surface area contributed by atoms with E-state index in [1.165, 1.54) is 31.0 Å². The molecule has 0 spiro atoms. The summed E-state index contributed by atoms with van der Waals surface area (Å²) < 4.78 is 2.02. The first-order valence-corrected chi connectivity index (χ1v) is 11.2. The van der Waals surface area contributed by atoms with Gasteiger partial charge in [0.1, 0.15) is 0 Å². The van der Waals surface area contributed by atoms with Crippen LogP contribution in [0.25, 0.3) is 17.1 Å². The van der Waals surface area contributed by atoms with Crippen molar-refractivity contribution in [3.63, 3.8) is 0 Å². The molecule has 5 nitrogen and oxygen atoms in total. The number of carbonyl (C=O) groups excluding carboxylic acids is 1. The van der Waals surface area contributed by atoms with E-state index in [2.05, 4.69) is 22.4 Å². The van der Waals surface area contributed by atoms with Crippen LogP contribution in [-0.4, -0.2) is 32.5 Å². The van der Waals surface area contributed by atoms with E-state index in [9.17, 15) is 4.79 Å². The Hall–Kier alpha value is -2.60. The third kappa shape index (κ3) is 4.70. The molecular formula is C23H26N4OS. The quantitative estimate of drug-likeness (QED) is 0.602. The number of aromatic nitrogens is 3. The highest BCUT2D eigenvalue weighted by atomic mass is 32.2. The van der Waals surface area contributed by atoms with Gasteiger partial charge in [-0.25, -0.2) is 0 Å². The molecule has 1 saturated carbocycles. The summed E-state index contributed by atoms with van der Waals surface area (Å²) in [6.45, 7) is 2.23. The largest absolute Gasteiger partial charge is 0.352 e. The standard InChI is InChI=1S/C23H26N4OS/c1-17-10-8-9-15-20(17)24-21(28)16-29-23-26-25-22(18-11-4-2-5-12-18)27(23)19-13-6-3-7-14-19/h2-7,11-14,17,20H,8-10,15-16H2,1H3,(H,24,28)/t17-,20+/m0/s1. The summed E-state index contributed by atoms with van der Waals surface area (Å²) in [5.41, 5.74) is 1.98. The number of hydrogen-bond donors (Lipinski definition) is 1. The van der Waals surface area contributed by atoms with Crippen molar-refractivity contribution in [1.82, 2.24) is 20.1 Å². The van der Waals surface area contributed by atoms with Gasteiger partial charge < -0.3 is 5.32 Å². The maximum Gasteiger partial charge on any atom is 0.230 e. The highest BCUT2D eigenvalue weighted by Gasteiger charge is 2.23. The smallest absolute Gasteiger partial charge is 0.230 e. The first kappa shape index (κ1) is 19.7. The molecule has 0 aliphatic heterocycles. The third-order valence-electron chi connectivity index (χ3n) is 5.47. The lowest BCUT2D eigenvalue weighted by molar-refractivity contribution is -0.119. The van der Waals surface area contributed by atoms with Gasteiger partial charge in [-0.05, 0) is 30.9 Å². The average Bonchev–Trinajstić information content (AvgIpc) is 3.19. The number of para-hydroxylation sites is 1. The number of rotatable bonds is 6. The summed E-state index contributed by atoms with van der Waals surface area (Å²) in [6, 6.07) is 20.4. The Labute approximate surface area is 175 Å². The molecular weight excluding hydrogens is 380 g/mol. The molecule has 0 radical (unpaired) electrons. The number of amides is 1. The fraction of sp³-hybridized carbons (Fsp3) is 0.348. The van der Waals surface area contributed by atoms with E-state index >= 15 is 0 Å². The van der Waals surface area contributed by atoms with Crippen LogP contribution >= 0.6 is 11.8 Å². The zero-order valence-electron chi connectivity index (χ0n) is 16.6. The van der Waals surface area contributed by atoms with Crippen LogP contribution < -0.4 is 5.32 Å². The van der Waals surface area contributed by atoms with E-state index in [0.717, 1.165) is 28.7 Å². The summed E-state index contributed by atoms with van der Waals surface area (Å²) in [5.74, 6) is 1.73. The molecule has 6 heteroatoms. The predicted molar refractivity (Wildman–Crippen MR) is 117 cm³/mol. The fourth-order valence-electron chi connectivity index (χ4n) is 3.86. The third-order valence-corrected chi connectivity index (χ3v) is 6.40. The Morgan fingerprint density at radius 2 is 1.72 bits per heavy atom. The number of nitrogens with zero attached hydrogens (tertiary/aromatic N) is 3. The molecule has 29 heavy (non-hydrogen) atoms. The molecule has 1 aliphatic carbocycles. The van der Waals surface area contributed by atoms with E-state index in [1.807, 2.05) is 65.2 Å². The Balaban J connectivity index is 1.53. The first-order valence-electron chi connectivity index (χ1n) is 10.2. The molecule has 3 aromatic rings. The molecule has 0 bridgehead atoms. The van der Waals surface area contributed by atoms with Crippen LogP contribution in [0.4, 0.5) is 0 Å². The lowest BCUT2D eigenvalue weighted by atomic mass is 9.86. The van der Waals surface area contributed by atoms with Gasteiger partial charge in [0.05, 0.1) is 5.75 Å². The van der Waals surface area contributed by atoms with Crippen molar-refractivity contribution < 1.29 is 4.79 Å². The minimum absolute atomic E-state index is 0.0672. The number of benzene rings is 2. The van der Waals surface area contributed by atoms with Crippen LogP contribution in [0.3, 0.4) is 0 Å². The van der Waals surface area contributed by atoms with Crippen LogP contribution in [0.1, 0.15) is 32.6 Å². The number of nitrogens with one attached hydrogen (secondary N) is 1. The zero-order chi connectivity index (χ0) is 20.1. The molecule has 1 aliphatic rings. The fourth-order valence-corrected chi connectivity index (χ4v) is 4.62. The van der Waals surface area contributed by atoms with E-state index < -0.39 is 0 Å². The molecule has 2 aromatic carbocycles. The summed E-state index contributed by atoms with van der Waals surface area (Å²) in [5, 5.41) is 12.8. The molecule has 1 N–H and O–H groups in total. The highest BCUT2D eigenvalue weighted by molar-refractivity contribution is 7.99. The second kappa shape index (κ2) is 9.27. The van der Waals surface area contributed by atoms with Crippen LogP contribution in [-0.2, 0) is 4.79 Å². The maximum absolute atomic E-state index is 12.6. The van der Waals surface area contributed by atoms with Gasteiger partial charge >= 0.3 is 0 Å². The lowest BCUT2D eigenvalue weighted by Crippen LogP contribution is -2.41. The van der Waals surface area contributed by atoms with Crippen LogP contribution in [0.15, 0.2) is 65.8 Å². The van der Waals surface area contributed by atoms with E-state index in [4.69, 9.17) is 0 Å². The Morgan fingerprint density at radius 1 is 1.03 bits per heavy atom. The van der Waals surface area contributed by atoms with Crippen LogP contribution in [0, 0.1) is 5.92 Å². The Bertz CT molecular complexity index is 942. The summed E-state index contributed by atoms with van der Waals surface area (Å²) in [7, 11) is 0. The lowest BCUT2D eigenvalue weighted by Gasteiger charge is -2.29. The Kier molecular flexibility index (Phi) is 6.30. The molecule has 1 fully saturated rings. The van der Waals surface area contributed by atoms with Crippen LogP contribution in [0.2, 0.25) is 0 Å². The van der Waals surface area contributed by atoms with Crippen molar-refractivity contribution in [2.45, 2.75) is 43.8 Å². The highest BCUT2D eigenvalue weighted by Crippen LogP contribution is 2.28. The van der Waals surface area contributed by atoms with Crippen molar-refractivity contribution in [1.29, 1.82) is 0 Å². The maximum atomic E-state index is 12.6. The van der Waals surface area contributed by atoms with Crippen molar-refractivity contribution in [2.24, 2.45) is 5.92 Å². The van der Waals surface area contributed by atoms with Gasteiger partial charge in [0.2, 0.25) is 5.91 Å². The zero-order valence-corrected chi connectivity index (χ0v) is 17.4. The van der Waals surface area contributed by atoms with Crippen molar-refractivity contribution in [3.8, 4) is 17.1 Å². The normalized spacial score (nSPS) is 19.1. The molecule has 1 aromatic heterocycles. The van der Waals surface area contributed by atoms with Gasteiger partial charge in [-0.1, -0.05) is 80.1 Å². The molecule has 1 amide bonds. The number of hydrogen-bond acceptors (Lipinski definition) is 4. The monoisotopic (exact) mass is 406 g/mol. The summed E-state index contributed by atoms with van der Waals surface area (Å²) in [4.78, 5) is 12.6. The minimum atomic E-state index is 0.0672. The van der Waals surface area contributed by atoms with Gasteiger partial charge in [-0.3, -0.25) is 9.36 Å². The topological polar surface area (TPSA) is 59.8 Å². The van der Waals surface area contributed by atoms with Gasteiger partial charge in [0.25, 0.3) is 0 Å². The molecule has 1 heterocycles. The van der Waals surface area contributed by atoms with Crippen LogP contribution in [0.5, 0.6) is 0 Å². The van der Waals surface area contributed by atoms with E-state index in [0.29, 0.717) is 17.7 Å². The molecule has 2 atom stereocenters. The molecule has 0 unspecified atom stereocenters. The van der Waals surface area contributed by atoms with Crippen molar-refractivity contribution in [2.75, 3.05) is 5.75 Å². The van der Waals surface area contributed by atoms with Crippen molar-refractivity contribution >= 4 is 17.7 Å². The minimum Gasteiger partial charge on any atom is -0.352 e. The number of carbonyl (C=O) groups is 1. The average molecular weight is 407 g/mol. The van der Waals surface area contributed by atoms with E-state index in [-0.39, 0.29) is 5.91 Å². The molecule has 0 saturated heterocycles. The second-order valence-corrected chi connectivity index (χ2v) is 8.51.